The van der Waals surface area contributed by atoms with E-state index in [0.29, 0.717) is 11.7 Å². The molecule has 2 atom stereocenters. The SMILES string of the molecule is CC1CCc2cccc(NC(=O)C(C)S(C)(=O)=O)c2N1. The van der Waals surface area contributed by atoms with Gasteiger partial charge in [0.2, 0.25) is 5.91 Å². The average Bonchev–Trinajstić information content (AvgIpc) is 2.37. The number of amides is 1. The van der Waals surface area contributed by atoms with Gasteiger partial charge in [-0.05, 0) is 38.3 Å². The molecule has 1 amide bonds. The minimum absolute atomic E-state index is 0.341. The molecule has 1 heterocycles. The Morgan fingerprint density at radius 1 is 1.45 bits per heavy atom. The van der Waals surface area contributed by atoms with Gasteiger partial charge in [0.15, 0.2) is 9.84 Å². The Labute approximate surface area is 119 Å². The molecule has 0 aromatic heterocycles. The quantitative estimate of drug-likeness (QED) is 0.892. The largest absolute Gasteiger partial charge is 0.381 e. The molecule has 1 aliphatic heterocycles. The molecule has 5 nitrogen and oxygen atoms in total. The summed E-state index contributed by atoms with van der Waals surface area (Å²) in [4.78, 5) is 12.0. The van der Waals surface area contributed by atoms with Crippen LogP contribution < -0.4 is 10.6 Å². The fourth-order valence-corrected chi connectivity index (χ4v) is 2.65. The first kappa shape index (κ1) is 14.8. The maximum Gasteiger partial charge on any atom is 0.242 e. The van der Waals surface area contributed by atoms with Crippen molar-refractivity contribution in [1.82, 2.24) is 0 Å². The highest BCUT2D eigenvalue weighted by Gasteiger charge is 2.25. The number of benzene rings is 1. The third-order valence-corrected chi connectivity index (χ3v) is 5.16. The number of hydrogen-bond donors (Lipinski definition) is 2. The van der Waals surface area contributed by atoms with E-state index in [-0.39, 0.29) is 0 Å². The second-order valence-corrected chi connectivity index (χ2v) is 7.75. The minimum atomic E-state index is -3.39. The lowest BCUT2D eigenvalue weighted by Gasteiger charge is -2.26. The molecule has 1 aromatic carbocycles. The van der Waals surface area contributed by atoms with Gasteiger partial charge in [0.1, 0.15) is 5.25 Å². The van der Waals surface area contributed by atoms with Gasteiger partial charge in [0.05, 0.1) is 11.4 Å². The maximum atomic E-state index is 12.0. The number of para-hydroxylation sites is 1. The molecule has 2 rings (SSSR count). The van der Waals surface area contributed by atoms with Crippen molar-refractivity contribution in [1.29, 1.82) is 0 Å². The van der Waals surface area contributed by atoms with Crippen LogP contribution in [0.25, 0.3) is 0 Å². The van der Waals surface area contributed by atoms with Crippen LogP contribution >= 0.6 is 0 Å². The predicted octanol–water partition coefficient (Wildman–Crippen LogP) is 1.80. The molecule has 2 unspecified atom stereocenters. The Bertz CT molecular complexity index is 625. The lowest BCUT2D eigenvalue weighted by molar-refractivity contribution is -0.115. The van der Waals surface area contributed by atoms with Gasteiger partial charge >= 0.3 is 0 Å². The van der Waals surface area contributed by atoms with Gasteiger partial charge in [0, 0.05) is 12.3 Å². The minimum Gasteiger partial charge on any atom is -0.381 e. The molecule has 0 saturated carbocycles. The number of sulfone groups is 1. The van der Waals surface area contributed by atoms with Gasteiger partial charge in [-0.3, -0.25) is 4.79 Å². The molecule has 0 fully saturated rings. The fraction of sp³-hybridized carbons (Fsp3) is 0.500. The molecule has 0 saturated heterocycles. The van der Waals surface area contributed by atoms with E-state index in [1.807, 2.05) is 12.1 Å². The summed E-state index contributed by atoms with van der Waals surface area (Å²) in [5, 5.41) is 5.01. The highest BCUT2D eigenvalue weighted by molar-refractivity contribution is 7.92. The summed E-state index contributed by atoms with van der Waals surface area (Å²) >= 11 is 0. The second-order valence-electron chi connectivity index (χ2n) is 5.38. The van der Waals surface area contributed by atoms with Crippen molar-refractivity contribution < 1.29 is 13.2 Å². The zero-order valence-electron chi connectivity index (χ0n) is 11.9. The number of nitrogens with one attached hydrogen (secondary N) is 2. The van der Waals surface area contributed by atoms with Crippen molar-refractivity contribution in [2.75, 3.05) is 16.9 Å². The van der Waals surface area contributed by atoms with Crippen molar-refractivity contribution in [2.45, 2.75) is 38.0 Å². The topological polar surface area (TPSA) is 75.3 Å². The summed E-state index contributed by atoms with van der Waals surface area (Å²) in [6, 6.07) is 6.02. The molecule has 20 heavy (non-hydrogen) atoms. The molecule has 0 bridgehead atoms. The van der Waals surface area contributed by atoms with Gasteiger partial charge in [-0.1, -0.05) is 12.1 Å². The van der Waals surface area contributed by atoms with Crippen LogP contribution in [0.15, 0.2) is 18.2 Å². The van der Waals surface area contributed by atoms with Crippen LogP contribution in [0.2, 0.25) is 0 Å². The fourth-order valence-electron chi connectivity index (χ4n) is 2.20. The monoisotopic (exact) mass is 296 g/mol. The number of fused-ring (bicyclic) bond motifs is 1. The number of rotatable bonds is 3. The Morgan fingerprint density at radius 2 is 2.15 bits per heavy atom. The Kier molecular flexibility index (Phi) is 4.04. The molecule has 2 N–H and O–H groups in total. The average molecular weight is 296 g/mol. The molecule has 0 aliphatic carbocycles. The summed E-state index contributed by atoms with van der Waals surface area (Å²) < 4.78 is 22.9. The van der Waals surface area contributed by atoms with Crippen LogP contribution in [0, 0.1) is 0 Å². The number of carbonyl (C=O) groups excluding carboxylic acids is 1. The number of aryl methyl sites for hydroxylation is 1. The lowest BCUT2D eigenvalue weighted by atomic mass is 9.98. The Morgan fingerprint density at radius 3 is 2.80 bits per heavy atom. The molecule has 1 aliphatic rings. The second kappa shape index (κ2) is 5.44. The molecule has 0 radical (unpaired) electrons. The zero-order valence-corrected chi connectivity index (χ0v) is 12.8. The summed E-state index contributed by atoms with van der Waals surface area (Å²) in [7, 11) is -3.39. The molecular weight excluding hydrogens is 276 g/mol. The lowest BCUT2D eigenvalue weighted by Crippen LogP contribution is -2.32. The van der Waals surface area contributed by atoms with Gasteiger partial charge in [-0.25, -0.2) is 8.42 Å². The van der Waals surface area contributed by atoms with Crippen molar-refractivity contribution in [2.24, 2.45) is 0 Å². The highest BCUT2D eigenvalue weighted by Crippen LogP contribution is 2.32. The third kappa shape index (κ3) is 3.12. The zero-order chi connectivity index (χ0) is 14.9. The smallest absolute Gasteiger partial charge is 0.242 e. The van der Waals surface area contributed by atoms with Crippen LogP contribution in [0.1, 0.15) is 25.8 Å². The van der Waals surface area contributed by atoms with Crippen LogP contribution in [0.5, 0.6) is 0 Å². The van der Waals surface area contributed by atoms with E-state index in [0.717, 1.165) is 30.3 Å². The summed E-state index contributed by atoms with van der Waals surface area (Å²) in [6.07, 6.45) is 3.07. The van der Waals surface area contributed by atoms with Crippen molar-refractivity contribution in [3.8, 4) is 0 Å². The van der Waals surface area contributed by atoms with E-state index in [4.69, 9.17) is 0 Å². The first-order chi connectivity index (χ1) is 9.29. The van der Waals surface area contributed by atoms with Gasteiger partial charge in [-0.2, -0.15) is 0 Å². The van der Waals surface area contributed by atoms with E-state index in [2.05, 4.69) is 17.6 Å². The van der Waals surface area contributed by atoms with Crippen LogP contribution in [-0.2, 0) is 21.1 Å². The van der Waals surface area contributed by atoms with E-state index >= 15 is 0 Å². The van der Waals surface area contributed by atoms with Gasteiger partial charge in [-0.15, -0.1) is 0 Å². The summed E-state index contributed by atoms with van der Waals surface area (Å²) in [5.74, 6) is -0.499. The summed E-state index contributed by atoms with van der Waals surface area (Å²) in [6.45, 7) is 3.48. The van der Waals surface area contributed by atoms with E-state index < -0.39 is 21.0 Å². The first-order valence-electron chi connectivity index (χ1n) is 6.67. The maximum absolute atomic E-state index is 12.0. The van der Waals surface area contributed by atoms with E-state index in [9.17, 15) is 13.2 Å². The van der Waals surface area contributed by atoms with Crippen LogP contribution in [0.4, 0.5) is 11.4 Å². The van der Waals surface area contributed by atoms with Crippen molar-refractivity contribution in [3.05, 3.63) is 23.8 Å². The number of anilines is 2. The third-order valence-electron chi connectivity index (χ3n) is 3.66. The molecule has 1 aromatic rings. The predicted molar refractivity (Wildman–Crippen MR) is 80.8 cm³/mol. The Balaban J connectivity index is 2.25. The Hall–Kier alpha value is -1.56. The first-order valence-corrected chi connectivity index (χ1v) is 8.62. The van der Waals surface area contributed by atoms with Crippen LogP contribution in [0.3, 0.4) is 0 Å². The molecule has 0 spiro atoms. The van der Waals surface area contributed by atoms with Crippen molar-refractivity contribution in [3.63, 3.8) is 0 Å². The van der Waals surface area contributed by atoms with Gasteiger partial charge < -0.3 is 10.6 Å². The molecular formula is C14H20N2O3S. The standard InChI is InChI=1S/C14H20N2O3S/c1-9-7-8-11-5-4-6-12(13(11)15-9)16-14(17)10(2)20(3,18)19/h4-6,9-10,15H,7-8H2,1-3H3,(H,16,17). The normalized spacial score (nSPS) is 19.6. The number of carbonyl (C=O) groups is 1. The number of hydrogen-bond acceptors (Lipinski definition) is 4. The van der Waals surface area contributed by atoms with Crippen LogP contribution in [-0.4, -0.2) is 31.9 Å². The van der Waals surface area contributed by atoms with E-state index in [1.165, 1.54) is 6.92 Å². The summed E-state index contributed by atoms with van der Waals surface area (Å²) in [5.41, 5.74) is 2.70. The van der Waals surface area contributed by atoms with Gasteiger partial charge in [0.25, 0.3) is 0 Å². The highest BCUT2D eigenvalue weighted by atomic mass is 32.2. The molecule has 110 valence electrons. The van der Waals surface area contributed by atoms with Crippen molar-refractivity contribution >= 4 is 27.1 Å². The molecule has 6 heteroatoms. The van der Waals surface area contributed by atoms with E-state index in [1.54, 1.807) is 6.07 Å².